The molecule has 9 nitrogen and oxygen atoms in total. The first kappa shape index (κ1) is 22.1. The van der Waals surface area contributed by atoms with Crippen molar-refractivity contribution < 1.29 is 28.7 Å². The van der Waals surface area contributed by atoms with Gasteiger partial charge in [-0.1, -0.05) is 27.2 Å². The van der Waals surface area contributed by atoms with Crippen LogP contribution in [0.3, 0.4) is 0 Å². The third-order valence-corrected chi connectivity index (χ3v) is 4.12. The first-order valence-corrected chi connectivity index (χ1v) is 9.49. The van der Waals surface area contributed by atoms with Crippen molar-refractivity contribution in [1.82, 2.24) is 9.80 Å². The predicted octanol–water partition coefficient (Wildman–Crippen LogP) is 2.03. The minimum Gasteiger partial charge on any atom is -0.462 e. The van der Waals surface area contributed by atoms with E-state index in [1.54, 1.807) is 0 Å². The number of benzene rings is 1. The van der Waals surface area contributed by atoms with Gasteiger partial charge in [-0.05, 0) is 36.6 Å². The molecule has 0 aliphatic carbocycles. The second-order valence-electron chi connectivity index (χ2n) is 7.10. The minimum atomic E-state index is -1.02. The highest BCUT2D eigenvalue weighted by molar-refractivity contribution is 6.45. The number of hydrogen-bond acceptors (Lipinski definition) is 6. The Kier molecular flexibility index (Phi) is 7.46. The summed E-state index contributed by atoms with van der Waals surface area (Å²) in [7, 11) is 0. The van der Waals surface area contributed by atoms with Crippen molar-refractivity contribution in [2.45, 2.75) is 33.6 Å². The Morgan fingerprint density at radius 2 is 1.66 bits per heavy atom. The Hall–Kier alpha value is -3.23. The lowest BCUT2D eigenvalue weighted by Crippen LogP contribution is -2.39. The molecule has 1 saturated heterocycles. The van der Waals surface area contributed by atoms with Gasteiger partial charge in [0.25, 0.3) is 0 Å². The molecule has 1 heterocycles. The summed E-state index contributed by atoms with van der Waals surface area (Å²) in [6.45, 7) is 5.49. The summed E-state index contributed by atoms with van der Waals surface area (Å²) < 4.78 is 5.10. The number of nitrogens with zero attached hydrogens (tertiary/aromatic N) is 2. The van der Waals surface area contributed by atoms with Crippen molar-refractivity contribution in [1.29, 1.82) is 0 Å². The van der Waals surface area contributed by atoms with Gasteiger partial charge >= 0.3 is 23.8 Å². The zero-order valence-corrected chi connectivity index (χ0v) is 16.8. The topological polar surface area (TPSA) is 113 Å². The van der Waals surface area contributed by atoms with E-state index in [4.69, 9.17) is 4.74 Å². The molecule has 9 heteroatoms. The number of unbranched alkanes of at least 4 members (excludes halogenated alkanes) is 1. The molecule has 0 spiro atoms. The SMILES string of the molecule is CCCCOC(=O)c1ccc(NC(=O)CN2C(=O)C(=O)N(CC(C)C)C2=O)cc1. The lowest BCUT2D eigenvalue weighted by Gasteiger charge is -2.16. The summed E-state index contributed by atoms with van der Waals surface area (Å²) in [5, 5.41) is 2.53. The number of urea groups is 1. The summed E-state index contributed by atoms with van der Waals surface area (Å²) in [6.07, 6.45) is 1.70. The smallest absolute Gasteiger partial charge is 0.338 e. The summed E-state index contributed by atoms with van der Waals surface area (Å²) >= 11 is 0. The Morgan fingerprint density at radius 1 is 1.03 bits per heavy atom. The predicted molar refractivity (Wildman–Crippen MR) is 104 cm³/mol. The van der Waals surface area contributed by atoms with Crippen LogP contribution < -0.4 is 5.32 Å². The lowest BCUT2D eigenvalue weighted by molar-refractivity contribution is -0.143. The molecular weight excluding hydrogens is 378 g/mol. The van der Waals surface area contributed by atoms with Crippen LogP contribution in [-0.2, 0) is 19.1 Å². The van der Waals surface area contributed by atoms with Crippen molar-refractivity contribution in [2.75, 3.05) is 25.0 Å². The third kappa shape index (κ3) is 5.63. The number of esters is 1. The van der Waals surface area contributed by atoms with E-state index in [1.807, 2.05) is 20.8 Å². The fourth-order valence-corrected chi connectivity index (χ4v) is 2.64. The first-order valence-electron chi connectivity index (χ1n) is 9.49. The Morgan fingerprint density at radius 3 is 2.24 bits per heavy atom. The van der Waals surface area contributed by atoms with E-state index in [0.29, 0.717) is 22.8 Å². The maximum absolute atomic E-state index is 12.3. The van der Waals surface area contributed by atoms with Crippen LogP contribution in [0, 0.1) is 5.92 Å². The number of carbonyl (C=O) groups excluding carboxylic acids is 5. The van der Waals surface area contributed by atoms with E-state index < -0.39 is 36.3 Å². The van der Waals surface area contributed by atoms with E-state index in [0.717, 1.165) is 17.7 Å². The molecule has 1 aromatic rings. The molecule has 156 valence electrons. The maximum Gasteiger partial charge on any atom is 0.338 e. The number of carbonyl (C=O) groups is 5. The van der Waals surface area contributed by atoms with Gasteiger partial charge in [-0.2, -0.15) is 0 Å². The van der Waals surface area contributed by atoms with Crippen molar-refractivity contribution in [2.24, 2.45) is 5.92 Å². The van der Waals surface area contributed by atoms with Gasteiger partial charge in [-0.25, -0.2) is 14.5 Å². The Labute approximate surface area is 169 Å². The molecule has 1 aliphatic heterocycles. The van der Waals surface area contributed by atoms with Gasteiger partial charge in [-0.3, -0.25) is 19.3 Å². The zero-order chi connectivity index (χ0) is 21.6. The summed E-state index contributed by atoms with van der Waals surface area (Å²) in [5.74, 6) is -3.03. The van der Waals surface area contributed by atoms with E-state index >= 15 is 0 Å². The van der Waals surface area contributed by atoms with Gasteiger partial charge in [0.1, 0.15) is 6.54 Å². The normalized spacial score (nSPS) is 14.0. The molecule has 0 bridgehead atoms. The highest BCUT2D eigenvalue weighted by atomic mass is 16.5. The van der Waals surface area contributed by atoms with Crippen LogP contribution in [0.2, 0.25) is 0 Å². The molecule has 0 atom stereocenters. The Balaban J connectivity index is 1.93. The molecule has 2 rings (SSSR count). The monoisotopic (exact) mass is 403 g/mol. The molecule has 1 fully saturated rings. The molecular formula is C20H25N3O6. The number of imide groups is 2. The van der Waals surface area contributed by atoms with Crippen molar-refractivity contribution in [3.8, 4) is 0 Å². The van der Waals surface area contributed by atoms with Crippen molar-refractivity contribution in [3.63, 3.8) is 0 Å². The lowest BCUT2D eigenvalue weighted by atomic mass is 10.2. The van der Waals surface area contributed by atoms with Gasteiger partial charge in [0.05, 0.1) is 12.2 Å². The van der Waals surface area contributed by atoms with Crippen molar-refractivity contribution in [3.05, 3.63) is 29.8 Å². The molecule has 0 saturated carbocycles. The summed E-state index contributed by atoms with van der Waals surface area (Å²) in [4.78, 5) is 61.7. The van der Waals surface area contributed by atoms with Crippen LogP contribution >= 0.6 is 0 Å². The highest BCUT2D eigenvalue weighted by Gasteiger charge is 2.45. The van der Waals surface area contributed by atoms with Crippen LogP contribution in [0.1, 0.15) is 44.0 Å². The number of hydrogen-bond donors (Lipinski definition) is 1. The zero-order valence-electron chi connectivity index (χ0n) is 16.8. The number of rotatable bonds is 9. The van der Waals surface area contributed by atoms with E-state index in [9.17, 15) is 24.0 Å². The van der Waals surface area contributed by atoms with Crippen LogP contribution in [0.25, 0.3) is 0 Å². The molecule has 0 radical (unpaired) electrons. The number of nitrogens with one attached hydrogen (secondary N) is 1. The molecule has 0 unspecified atom stereocenters. The highest BCUT2D eigenvalue weighted by Crippen LogP contribution is 2.15. The number of ether oxygens (including phenoxy) is 1. The fourth-order valence-electron chi connectivity index (χ4n) is 2.64. The molecule has 1 N–H and O–H groups in total. The van der Waals surface area contributed by atoms with E-state index in [-0.39, 0.29) is 12.5 Å². The molecule has 29 heavy (non-hydrogen) atoms. The van der Waals surface area contributed by atoms with Crippen LogP contribution in [0.15, 0.2) is 24.3 Å². The van der Waals surface area contributed by atoms with Gasteiger partial charge in [0.15, 0.2) is 0 Å². The molecule has 1 aromatic carbocycles. The van der Waals surface area contributed by atoms with Crippen molar-refractivity contribution >= 4 is 35.4 Å². The molecule has 5 amide bonds. The second-order valence-corrected chi connectivity index (χ2v) is 7.10. The number of anilines is 1. The quantitative estimate of drug-likeness (QED) is 0.292. The van der Waals surface area contributed by atoms with Gasteiger partial charge in [0, 0.05) is 12.2 Å². The average molecular weight is 403 g/mol. The van der Waals surface area contributed by atoms with Gasteiger partial charge in [0.2, 0.25) is 5.91 Å². The van der Waals surface area contributed by atoms with Gasteiger partial charge in [-0.15, -0.1) is 0 Å². The number of amides is 5. The molecule has 1 aliphatic rings. The standard InChI is InChI=1S/C20H25N3O6/c1-4-5-10-29-19(27)14-6-8-15(9-7-14)21-16(24)12-23-18(26)17(25)22(20(23)28)11-13(2)3/h6-9,13H,4-5,10-12H2,1-3H3,(H,21,24). The van der Waals surface area contributed by atoms with Gasteiger partial charge < -0.3 is 10.1 Å². The van der Waals surface area contributed by atoms with Crippen LogP contribution in [-0.4, -0.2) is 59.2 Å². The molecule has 0 aromatic heterocycles. The largest absolute Gasteiger partial charge is 0.462 e. The van der Waals surface area contributed by atoms with E-state index in [1.165, 1.54) is 24.3 Å². The third-order valence-electron chi connectivity index (χ3n) is 4.12. The van der Waals surface area contributed by atoms with Crippen LogP contribution in [0.5, 0.6) is 0 Å². The second kappa shape index (κ2) is 9.81. The Bertz CT molecular complexity index is 803. The maximum atomic E-state index is 12.3. The summed E-state index contributed by atoms with van der Waals surface area (Å²) in [6, 6.07) is 5.23. The summed E-state index contributed by atoms with van der Waals surface area (Å²) in [5.41, 5.74) is 0.725. The van der Waals surface area contributed by atoms with E-state index in [2.05, 4.69) is 5.32 Å². The fraction of sp³-hybridized carbons (Fsp3) is 0.450. The average Bonchev–Trinajstić information content (AvgIpc) is 2.86. The minimum absolute atomic E-state index is 0.00310. The van der Waals surface area contributed by atoms with Crippen LogP contribution in [0.4, 0.5) is 10.5 Å². The first-order chi connectivity index (χ1) is 13.7.